The van der Waals surface area contributed by atoms with E-state index in [0.29, 0.717) is 48.0 Å². The molecule has 0 aromatic heterocycles. The van der Waals surface area contributed by atoms with E-state index in [-0.39, 0.29) is 17.5 Å². The van der Waals surface area contributed by atoms with Crippen molar-refractivity contribution in [3.8, 4) is 0 Å². The van der Waals surface area contributed by atoms with Gasteiger partial charge in [-0.1, -0.05) is 39.5 Å². The van der Waals surface area contributed by atoms with Crippen molar-refractivity contribution in [2.45, 2.75) is 128 Å². The normalized spacial score (nSPS) is 28.5. The zero-order chi connectivity index (χ0) is 32.9. The topological polar surface area (TPSA) is 76.4 Å². The summed E-state index contributed by atoms with van der Waals surface area (Å²) in [4.78, 5) is 12.5. The Morgan fingerprint density at radius 3 is 1.82 bits per heavy atom. The number of nitrogens with two attached hydrogens (primary N) is 1. The molecule has 254 valence electrons. The number of ether oxygens (including phenoxy) is 1. The molecule has 44 heavy (non-hydrogen) atoms. The number of benzene rings is 1. The Hall–Kier alpha value is -1.85. The van der Waals surface area contributed by atoms with E-state index in [2.05, 4.69) is 30.2 Å². The molecule has 0 bridgehead atoms. The number of amides is 1. The molecule has 1 saturated heterocycles. The van der Waals surface area contributed by atoms with Gasteiger partial charge in [-0.25, -0.2) is 0 Å². The molecule has 3 aliphatic carbocycles. The third-order valence-electron chi connectivity index (χ3n) is 8.99. The molecular weight excluding hydrogens is 584 g/mol. The van der Waals surface area contributed by atoms with Gasteiger partial charge in [-0.2, -0.15) is 26.3 Å². The molecule has 5 rings (SSSR count). The standard InChI is InChI=1S/C19H34N2O2.C9H6F6.C4H8.CH5N/c1-13-11-14(2)18(13)21-19(22)15-6-7-17(12-15)20-16-5-3-4-9-23-10-8-16;1-5-2-6(8(10,11)12)4-7(3-5)9(13,14)15;1-2-4-3-1;1-2/h13-18,20H,3-12H2,1-2H3,(H,21,22);2-4H,1H3;1-4H2;2H2,1H3. The monoisotopic (exact) mass is 637 g/mol. The first-order valence-electron chi connectivity index (χ1n) is 16.2. The molecule has 1 aromatic rings. The summed E-state index contributed by atoms with van der Waals surface area (Å²) in [5, 5.41) is 7.12. The van der Waals surface area contributed by atoms with Crippen molar-refractivity contribution in [2.75, 3.05) is 20.3 Å². The lowest BCUT2D eigenvalue weighted by atomic mass is 9.72. The van der Waals surface area contributed by atoms with Crippen LogP contribution in [0.1, 0.15) is 108 Å². The van der Waals surface area contributed by atoms with Crippen LogP contribution in [0.3, 0.4) is 0 Å². The van der Waals surface area contributed by atoms with E-state index < -0.39 is 23.5 Å². The van der Waals surface area contributed by atoms with E-state index in [1.165, 1.54) is 65.3 Å². The van der Waals surface area contributed by atoms with Gasteiger partial charge in [-0.05, 0) is 101 Å². The van der Waals surface area contributed by atoms with Crippen molar-refractivity contribution >= 4 is 5.91 Å². The SMILES string of the molecule is C1CCC1.CC1CC(C)C1NC(=O)C1CCC(NC2CCCCOCC2)C1.CN.Cc1cc(C(F)(F)F)cc(C(F)(F)F)c1. The molecule has 4 fully saturated rings. The van der Waals surface area contributed by atoms with Crippen LogP contribution in [0.5, 0.6) is 0 Å². The average molecular weight is 638 g/mol. The molecule has 3 saturated carbocycles. The first kappa shape index (κ1) is 38.3. The molecule has 5 unspecified atom stereocenters. The highest BCUT2D eigenvalue weighted by Crippen LogP contribution is 2.36. The first-order valence-corrected chi connectivity index (χ1v) is 16.2. The number of halogens is 6. The highest BCUT2D eigenvalue weighted by Gasteiger charge is 2.39. The van der Waals surface area contributed by atoms with E-state index in [1.54, 1.807) is 0 Å². The largest absolute Gasteiger partial charge is 0.416 e. The first-order chi connectivity index (χ1) is 20.7. The second-order valence-corrected chi connectivity index (χ2v) is 12.7. The molecule has 1 heterocycles. The Kier molecular flexibility index (Phi) is 16.0. The summed E-state index contributed by atoms with van der Waals surface area (Å²) < 4.78 is 78.6. The minimum absolute atomic E-state index is 0.0721. The fraction of sp³-hybridized carbons (Fsp3) is 0.788. The molecule has 4 aliphatic rings. The van der Waals surface area contributed by atoms with Crippen LogP contribution in [0, 0.1) is 24.7 Å². The van der Waals surface area contributed by atoms with Crippen molar-refractivity contribution in [1.29, 1.82) is 0 Å². The summed E-state index contributed by atoms with van der Waals surface area (Å²) in [6, 6.07) is 2.97. The zero-order valence-corrected chi connectivity index (χ0v) is 26.8. The van der Waals surface area contributed by atoms with Crippen molar-refractivity contribution < 1.29 is 35.9 Å². The van der Waals surface area contributed by atoms with Crippen LogP contribution in [-0.2, 0) is 21.9 Å². The van der Waals surface area contributed by atoms with Crippen LogP contribution in [0.2, 0.25) is 0 Å². The van der Waals surface area contributed by atoms with Crippen LogP contribution in [-0.4, -0.2) is 44.3 Å². The highest BCUT2D eigenvalue weighted by molar-refractivity contribution is 5.79. The predicted octanol–water partition coefficient (Wildman–Crippen LogP) is 8.03. The van der Waals surface area contributed by atoms with Crippen molar-refractivity contribution in [3.63, 3.8) is 0 Å². The number of hydrogen-bond donors (Lipinski definition) is 3. The summed E-state index contributed by atoms with van der Waals surface area (Å²) in [7, 11) is 1.50. The number of hydrogen-bond acceptors (Lipinski definition) is 4. The predicted molar refractivity (Wildman–Crippen MR) is 162 cm³/mol. The third-order valence-corrected chi connectivity index (χ3v) is 8.99. The molecular formula is C33H53F6N3O2. The van der Waals surface area contributed by atoms with E-state index >= 15 is 0 Å². The Balaban J connectivity index is 0.000000275. The van der Waals surface area contributed by atoms with Gasteiger partial charge in [0, 0.05) is 37.3 Å². The summed E-state index contributed by atoms with van der Waals surface area (Å²) in [5.74, 6) is 1.83. The molecule has 1 amide bonds. The maximum absolute atomic E-state index is 12.5. The summed E-state index contributed by atoms with van der Waals surface area (Å²) in [6.45, 7) is 7.49. The molecule has 1 aromatic carbocycles. The third kappa shape index (κ3) is 12.9. The lowest BCUT2D eigenvalue weighted by molar-refractivity contribution is -0.143. The van der Waals surface area contributed by atoms with E-state index in [9.17, 15) is 31.1 Å². The van der Waals surface area contributed by atoms with Gasteiger partial charge >= 0.3 is 12.4 Å². The van der Waals surface area contributed by atoms with Gasteiger partial charge in [0.25, 0.3) is 0 Å². The van der Waals surface area contributed by atoms with Crippen molar-refractivity contribution in [1.82, 2.24) is 10.6 Å². The fourth-order valence-electron chi connectivity index (χ4n) is 6.11. The van der Waals surface area contributed by atoms with E-state index in [4.69, 9.17) is 4.74 Å². The smallest absolute Gasteiger partial charge is 0.381 e. The van der Waals surface area contributed by atoms with E-state index in [0.717, 1.165) is 38.9 Å². The lowest BCUT2D eigenvalue weighted by Gasteiger charge is -2.42. The number of rotatable bonds is 4. The average Bonchev–Trinajstić information content (AvgIpc) is 3.37. The van der Waals surface area contributed by atoms with Crippen molar-refractivity contribution in [2.24, 2.45) is 23.5 Å². The molecule has 0 spiro atoms. The summed E-state index contributed by atoms with van der Waals surface area (Å²) in [6.07, 6.45) is 5.75. The highest BCUT2D eigenvalue weighted by atomic mass is 19.4. The van der Waals surface area contributed by atoms with Gasteiger partial charge in [-0.3, -0.25) is 4.79 Å². The van der Waals surface area contributed by atoms with Gasteiger partial charge in [0.05, 0.1) is 11.1 Å². The molecule has 0 radical (unpaired) electrons. The Bertz CT molecular complexity index is 931. The number of carbonyl (C=O) groups is 1. The van der Waals surface area contributed by atoms with Crippen LogP contribution in [0.4, 0.5) is 26.3 Å². The Labute approximate surface area is 259 Å². The zero-order valence-electron chi connectivity index (χ0n) is 26.8. The van der Waals surface area contributed by atoms with Crippen molar-refractivity contribution in [3.05, 3.63) is 34.9 Å². The number of carbonyl (C=O) groups excluding carboxylic acids is 1. The molecule has 11 heteroatoms. The number of aryl methyl sites for hydroxylation is 1. The molecule has 5 atom stereocenters. The van der Waals surface area contributed by atoms with Crippen LogP contribution < -0.4 is 16.4 Å². The van der Waals surface area contributed by atoms with Gasteiger partial charge in [0.15, 0.2) is 0 Å². The molecule has 4 N–H and O–H groups in total. The minimum atomic E-state index is -4.76. The second kappa shape index (κ2) is 18.3. The van der Waals surface area contributed by atoms with Gasteiger partial charge < -0.3 is 21.1 Å². The Morgan fingerprint density at radius 2 is 1.32 bits per heavy atom. The Morgan fingerprint density at radius 1 is 0.750 bits per heavy atom. The summed E-state index contributed by atoms with van der Waals surface area (Å²) >= 11 is 0. The number of alkyl halides is 6. The maximum atomic E-state index is 12.5. The lowest BCUT2D eigenvalue weighted by Crippen LogP contribution is -2.52. The molecule has 5 nitrogen and oxygen atoms in total. The number of nitrogens with one attached hydrogen (secondary N) is 2. The van der Waals surface area contributed by atoms with Gasteiger partial charge in [0.1, 0.15) is 0 Å². The van der Waals surface area contributed by atoms with Gasteiger partial charge in [-0.15, -0.1) is 0 Å². The van der Waals surface area contributed by atoms with Crippen LogP contribution in [0.15, 0.2) is 18.2 Å². The van der Waals surface area contributed by atoms with Crippen LogP contribution in [0.25, 0.3) is 0 Å². The minimum Gasteiger partial charge on any atom is -0.381 e. The second-order valence-electron chi connectivity index (χ2n) is 12.7. The molecule has 1 aliphatic heterocycles. The maximum Gasteiger partial charge on any atom is 0.416 e. The van der Waals surface area contributed by atoms with Gasteiger partial charge in [0.2, 0.25) is 5.91 Å². The summed E-state index contributed by atoms with van der Waals surface area (Å²) in [5.41, 5.74) is 1.86. The van der Waals surface area contributed by atoms with E-state index in [1.807, 2.05) is 0 Å². The fourth-order valence-corrected chi connectivity index (χ4v) is 6.11. The quantitative estimate of drug-likeness (QED) is 0.292. The van der Waals surface area contributed by atoms with Crippen LogP contribution >= 0.6 is 0 Å².